The molecule has 2 aromatic rings. The summed E-state index contributed by atoms with van der Waals surface area (Å²) in [6.07, 6.45) is 1.03. The molecule has 7 nitrogen and oxygen atoms in total. The summed E-state index contributed by atoms with van der Waals surface area (Å²) in [6.45, 7) is 7.77. The number of rotatable bonds is 10. The first kappa shape index (κ1) is 30.1. The first-order valence-corrected chi connectivity index (χ1v) is 14.4. The molecule has 10 heteroatoms. The molecule has 2 atom stereocenters. The third-order valence-electron chi connectivity index (χ3n) is 8.12. The molecule has 2 fully saturated rings. The maximum atomic E-state index is 14.0. The Morgan fingerprint density at radius 1 is 1.12 bits per heavy atom. The van der Waals surface area contributed by atoms with Crippen LogP contribution in [0.3, 0.4) is 0 Å². The average molecular weight is 562 g/mol. The minimum absolute atomic E-state index is 0.0220. The lowest BCUT2D eigenvalue weighted by atomic mass is 9.74. The van der Waals surface area contributed by atoms with Gasteiger partial charge >= 0.3 is 6.18 Å². The number of hydrogen-bond acceptors (Lipinski definition) is 7. The number of ether oxygens (including phenoxy) is 1. The lowest BCUT2D eigenvalue weighted by Gasteiger charge is -2.34. The zero-order valence-corrected chi connectivity index (χ0v) is 24.1. The predicted octanol–water partition coefficient (Wildman–Crippen LogP) is 6.35. The zero-order chi connectivity index (χ0) is 28.9. The van der Waals surface area contributed by atoms with Gasteiger partial charge in [0.05, 0.1) is 24.1 Å². The Balaban J connectivity index is 1.55. The summed E-state index contributed by atoms with van der Waals surface area (Å²) in [4.78, 5) is 25.5. The summed E-state index contributed by atoms with van der Waals surface area (Å²) in [5.74, 6) is 1.18. The molecule has 2 aliphatic rings. The molecule has 1 aliphatic heterocycles. The molecule has 40 heavy (non-hydrogen) atoms. The van der Waals surface area contributed by atoms with Crippen LogP contribution in [-0.2, 0) is 17.4 Å². The average Bonchev–Trinajstić information content (AvgIpc) is 2.89. The van der Waals surface area contributed by atoms with Crippen LogP contribution in [-0.4, -0.2) is 61.0 Å². The normalized spacial score (nSPS) is 20.6. The van der Waals surface area contributed by atoms with E-state index in [0.29, 0.717) is 24.3 Å². The molecule has 0 bridgehead atoms. The van der Waals surface area contributed by atoms with E-state index in [1.165, 1.54) is 0 Å². The van der Waals surface area contributed by atoms with E-state index >= 15 is 0 Å². The first-order valence-electron chi connectivity index (χ1n) is 14.4. The van der Waals surface area contributed by atoms with Crippen molar-refractivity contribution in [2.75, 3.05) is 50.6 Å². The standard InChI is InChI=1S/C30H42F3N5O2/c1-20(2)15-24(39)16-21-7-5-6-8-22(21)17-27-25(30(31,32)33)19-34-29(36-27)35-26-10-9-23(18-28(26)40-4)38-13-11-37(3)12-14-38/h9-10,18-22H,5-8,11-17H2,1-4H3,(H,34,35,36)/t21-,22-/m0/s1. The van der Waals surface area contributed by atoms with Crippen molar-refractivity contribution in [3.63, 3.8) is 0 Å². The largest absolute Gasteiger partial charge is 0.494 e. The van der Waals surface area contributed by atoms with Gasteiger partial charge in [-0.3, -0.25) is 4.79 Å². The van der Waals surface area contributed by atoms with Gasteiger partial charge in [-0.25, -0.2) is 9.97 Å². The molecule has 0 amide bonds. The van der Waals surface area contributed by atoms with Crippen LogP contribution < -0.4 is 15.0 Å². The van der Waals surface area contributed by atoms with Crippen molar-refractivity contribution in [2.45, 2.75) is 65.0 Å². The molecule has 0 unspecified atom stereocenters. The number of piperazine rings is 1. The van der Waals surface area contributed by atoms with E-state index in [4.69, 9.17) is 4.74 Å². The lowest BCUT2D eigenvalue weighted by molar-refractivity contribution is -0.139. The van der Waals surface area contributed by atoms with Crippen molar-refractivity contribution in [3.8, 4) is 5.75 Å². The maximum Gasteiger partial charge on any atom is 0.419 e. The number of methoxy groups -OCH3 is 1. The summed E-state index contributed by atoms with van der Waals surface area (Å²) in [5.41, 5.74) is 0.778. The SMILES string of the molecule is COc1cc(N2CCN(C)CC2)ccc1Nc1ncc(C(F)(F)F)c(C[C@@H]2CCCC[C@H]2CC(=O)CC(C)C)n1. The Kier molecular flexibility index (Phi) is 9.92. The second-order valence-electron chi connectivity index (χ2n) is 11.7. The van der Waals surface area contributed by atoms with Gasteiger partial charge in [-0.1, -0.05) is 26.7 Å². The highest BCUT2D eigenvalue weighted by Crippen LogP contribution is 2.39. The highest BCUT2D eigenvalue weighted by molar-refractivity contribution is 5.78. The molecule has 0 radical (unpaired) electrons. The van der Waals surface area contributed by atoms with E-state index in [-0.39, 0.29) is 41.6 Å². The molecule has 1 aromatic heterocycles. The van der Waals surface area contributed by atoms with E-state index < -0.39 is 11.7 Å². The third-order valence-corrected chi connectivity index (χ3v) is 8.12. The number of nitrogens with zero attached hydrogens (tertiary/aromatic N) is 4. The molecule has 1 aromatic carbocycles. The van der Waals surface area contributed by atoms with Gasteiger partial charge in [-0.2, -0.15) is 13.2 Å². The maximum absolute atomic E-state index is 14.0. The number of likely N-dealkylation sites (N-methyl/N-ethyl adjacent to an activating group) is 1. The van der Waals surface area contributed by atoms with Crippen LogP contribution in [0, 0.1) is 17.8 Å². The van der Waals surface area contributed by atoms with Crippen molar-refractivity contribution in [1.29, 1.82) is 0 Å². The summed E-state index contributed by atoms with van der Waals surface area (Å²) < 4.78 is 47.6. The Bertz CT molecular complexity index is 1150. The minimum Gasteiger partial charge on any atom is -0.494 e. The first-order chi connectivity index (χ1) is 19.0. The molecule has 1 N–H and O–H groups in total. The van der Waals surface area contributed by atoms with Gasteiger partial charge < -0.3 is 19.9 Å². The van der Waals surface area contributed by atoms with Crippen molar-refractivity contribution in [1.82, 2.24) is 14.9 Å². The van der Waals surface area contributed by atoms with Gasteiger partial charge in [0, 0.05) is 57.0 Å². The van der Waals surface area contributed by atoms with Gasteiger partial charge in [-0.15, -0.1) is 0 Å². The fourth-order valence-corrected chi connectivity index (χ4v) is 5.94. The van der Waals surface area contributed by atoms with E-state index in [1.54, 1.807) is 7.11 Å². The number of carbonyl (C=O) groups excluding carboxylic acids is 1. The Morgan fingerprint density at radius 3 is 2.48 bits per heavy atom. The van der Waals surface area contributed by atoms with Gasteiger partial charge in [0.15, 0.2) is 0 Å². The Labute approximate surface area is 235 Å². The van der Waals surface area contributed by atoms with Gasteiger partial charge in [0.25, 0.3) is 0 Å². The smallest absolute Gasteiger partial charge is 0.419 e. The fourth-order valence-electron chi connectivity index (χ4n) is 5.94. The predicted molar refractivity (Wildman–Crippen MR) is 151 cm³/mol. The van der Waals surface area contributed by atoms with E-state index in [2.05, 4.69) is 32.1 Å². The highest BCUT2D eigenvalue weighted by atomic mass is 19.4. The second kappa shape index (κ2) is 13.2. The van der Waals surface area contributed by atoms with Crippen LogP contribution in [0.5, 0.6) is 5.75 Å². The molecular weight excluding hydrogens is 519 g/mol. The van der Waals surface area contributed by atoms with E-state index in [9.17, 15) is 18.0 Å². The van der Waals surface area contributed by atoms with E-state index in [0.717, 1.165) is 63.7 Å². The minimum atomic E-state index is -4.56. The van der Waals surface area contributed by atoms with Crippen LogP contribution in [0.2, 0.25) is 0 Å². The van der Waals surface area contributed by atoms with Crippen molar-refractivity contribution in [3.05, 3.63) is 35.7 Å². The number of aromatic nitrogens is 2. The molecule has 1 aliphatic carbocycles. The van der Waals surface area contributed by atoms with Crippen molar-refractivity contribution < 1.29 is 22.7 Å². The number of hydrogen-bond donors (Lipinski definition) is 1. The summed E-state index contributed by atoms with van der Waals surface area (Å²) in [6, 6.07) is 5.76. The number of benzene rings is 1. The molecule has 220 valence electrons. The molecule has 0 spiro atoms. The molecule has 1 saturated heterocycles. The van der Waals surface area contributed by atoms with Crippen molar-refractivity contribution in [2.24, 2.45) is 17.8 Å². The molecular formula is C30H42F3N5O2. The van der Waals surface area contributed by atoms with Crippen LogP contribution in [0.25, 0.3) is 0 Å². The van der Waals surface area contributed by atoms with Gasteiger partial charge in [0.1, 0.15) is 11.5 Å². The number of Topliss-reactive ketones (excluding diaryl/α,β-unsaturated/α-hetero) is 1. The number of alkyl halides is 3. The Morgan fingerprint density at radius 2 is 1.82 bits per heavy atom. The number of anilines is 3. The fraction of sp³-hybridized carbons (Fsp3) is 0.633. The van der Waals surface area contributed by atoms with Crippen LogP contribution >= 0.6 is 0 Å². The summed E-state index contributed by atoms with van der Waals surface area (Å²) in [7, 11) is 3.67. The number of halogens is 3. The summed E-state index contributed by atoms with van der Waals surface area (Å²) >= 11 is 0. The number of ketones is 1. The number of carbonyl (C=O) groups is 1. The molecule has 2 heterocycles. The van der Waals surface area contributed by atoms with Crippen LogP contribution in [0.15, 0.2) is 24.4 Å². The van der Waals surface area contributed by atoms with Gasteiger partial charge in [0.2, 0.25) is 5.95 Å². The van der Waals surface area contributed by atoms with Crippen LogP contribution in [0.1, 0.15) is 63.6 Å². The number of nitrogens with one attached hydrogen (secondary N) is 1. The third kappa shape index (κ3) is 7.86. The van der Waals surface area contributed by atoms with Crippen molar-refractivity contribution >= 4 is 23.1 Å². The van der Waals surface area contributed by atoms with Crippen LogP contribution in [0.4, 0.5) is 30.5 Å². The monoisotopic (exact) mass is 561 g/mol. The molecule has 4 rings (SSSR count). The van der Waals surface area contributed by atoms with Gasteiger partial charge in [-0.05, 0) is 56.2 Å². The Hall–Kier alpha value is -2.88. The second-order valence-corrected chi connectivity index (χ2v) is 11.7. The quantitative estimate of drug-likeness (QED) is 0.362. The topological polar surface area (TPSA) is 70.6 Å². The molecule has 1 saturated carbocycles. The highest BCUT2D eigenvalue weighted by Gasteiger charge is 2.37. The lowest BCUT2D eigenvalue weighted by Crippen LogP contribution is -2.44. The zero-order valence-electron chi connectivity index (χ0n) is 24.1. The summed E-state index contributed by atoms with van der Waals surface area (Å²) in [5, 5.41) is 3.09. The van der Waals surface area contributed by atoms with E-state index in [1.807, 2.05) is 32.0 Å².